The first-order chi connectivity index (χ1) is 9.96. The zero-order chi connectivity index (χ0) is 15.0. The zero-order valence-electron chi connectivity index (χ0n) is 11.7. The van der Waals surface area contributed by atoms with Crippen molar-refractivity contribution in [3.8, 4) is 0 Å². The van der Waals surface area contributed by atoms with Gasteiger partial charge >= 0.3 is 0 Å². The molecule has 1 saturated heterocycles. The van der Waals surface area contributed by atoms with Gasteiger partial charge < -0.3 is 4.90 Å². The van der Waals surface area contributed by atoms with Crippen molar-refractivity contribution in [1.29, 1.82) is 4.78 Å². The van der Waals surface area contributed by atoms with Crippen molar-refractivity contribution in [3.63, 3.8) is 0 Å². The Kier molecular flexibility index (Phi) is 3.40. The highest BCUT2D eigenvalue weighted by Crippen LogP contribution is 2.18. The van der Waals surface area contributed by atoms with Gasteiger partial charge in [0.25, 0.3) is 0 Å². The highest BCUT2D eigenvalue weighted by atomic mass is 32.2. The lowest BCUT2D eigenvalue weighted by Crippen LogP contribution is -2.39. The van der Waals surface area contributed by atoms with Crippen LogP contribution in [0.4, 0.5) is 0 Å². The van der Waals surface area contributed by atoms with Crippen LogP contribution in [0.3, 0.4) is 0 Å². The lowest BCUT2D eigenvalue weighted by molar-refractivity contribution is -0.132. The number of pyridine rings is 1. The van der Waals surface area contributed by atoms with E-state index in [4.69, 9.17) is 4.78 Å². The Bertz CT molecular complexity index is 783. The lowest BCUT2D eigenvalue weighted by atomic mass is 10.2. The summed E-state index contributed by atoms with van der Waals surface area (Å²) in [4.78, 5) is 18.1. The minimum atomic E-state index is -2.50. The van der Waals surface area contributed by atoms with Crippen LogP contribution in [0.25, 0.3) is 11.0 Å². The van der Waals surface area contributed by atoms with Gasteiger partial charge in [-0.05, 0) is 18.6 Å². The SMILES string of the molecule is CN(C(=O)Cn1ncc2ncccc21)C1CCS(=N)(=O)C1. The first-order valence-corrected chi connectivity index (χ1v) is 8.62. The maximum Gasteiger partial charge on any atom is 0.244 e. The molecule has 7 nitrogen and oxygen atoms in total. The Balaban J connectivity index is 1.74. The highest BCUT2D eigenvalue weighted by molar-refractivity contribution is 7.92. The van der Waals surface area contributed by atoms with Crippen LogP contribution in [-0.2, 0) is 21.1 Å². The molecule has 0 aliphatic carbocycles. The molecule has 0 saturated carbocycles. The first-order valence-electron chi connectivity index (χ1n) is 6.73. The molecule has 2 aromatic rings. The molecule has 1 aliphatic rings. The van der Waals surface area contributed by atoms with Crippen molar-refractivity contribution in [1.82, 2.24) is 19.7 Å². The van der Waals surface area contributed by atoms with E-state index in [9.17, 15) is 9.00 Å². The predicted molar refractivity (Wildman–Crippen MR) is 79.3 cm³/mol. The minimum absolute atomic E-state index is 0.0917. The zero-order valence-corrected chi connectivity index (χ0v) is 12.5. The molecule has 1 fully saturated rings. The average Bonchev–Trinajstić information content (AvgIpc) is 3.02. The summed E-state index contributed by atoms with van der Waals surface area (Å²) >= 11 is 0. The molecule has 112 valence electrons. The van der Waals surface area contributed by atoms with Crippen LogP contribution in [0.5, 0.6) is 0 Å². The molecule has 8 heteroatoms. The monoisotopic (exact) mass is 307 g/mol. The van der Waals surface area contributed by atoms with Crippen molar-refractivity contribution in [2.24, 2.45) is 0 Å². The highest BCUT2D eigenvalue weighted by Gasteiger charge is 2.30. The maximum absolute atomic E-state index is 12.3. The van der Waals surface area contributed by atoms with Crippen molar-refractivity contribution in [3.05, 3.63) is 24.5 Å². The van der Waals surface area contributed by atoms with Crippen LogP contribution in [0.2, 0.25) is 0 Å². The Labute approximate surface area is 122 Å². The van der Waals surface area contributed by atoms with Gasteiger partial charge in [-0.15, -0.1) is 0 Å². The number of carbonyl (C=O) groups excluding carboxylic acids is 1. The summed E-state index contributed by atoms with van der Waals surface area (Å²) in [5, 5.41) is 4.19. The van der Waals surface area contributed by atoms with Crippen LogP contribution < -0.4 is 0 Å². The molecular weight excluding hydrogens is 290 g/mol. The molecule has 2 atom stereocenters. The van der Waals surface area contributed by atoms with Crippen LogP contribution in [0, 0.1) is 4.78 Å². The smallest absolute Gasteiger partial charge is 0.244 e. The average molecular weight is 307 g/mol. The summed E-state index contributed by atoms with van der Waals surface area (Å²) in [6.45, 7) is 0.126. The fraction of sp³-hybridized carbons (Fsp3) is 0.462. The van der Waals surface area contributed by atoms with E-state index in [1.165, 1.54) is 0 Å². The number of hydrogen-bond donors (Lipinski definition) is 1. The molecule has 3 rings (SSSR count). The van der Waals surface area contributed by atoms with Gasteiger partial charge in [-0.2, -0.15) is 5.10 Å². The van der Waals surface area contributed by atoms with E-state index >= 15 is 0 Å². The van der Waals surface area contributed by atoms with Crippen molar-refractivity contribution in [2.45, 2.75) is 19.0 Å². The van der Waals surface area contributed by atoms with Crippen molar-refractivity contribution >= 4 is 26.7 Å². The summed E-state index contributed by atoms with van der Waals surface area (Å²) in [6, 6.07) is 3.57. The van der Waals surface area contributed by atoms with Gasteiger partial charge in [0.15, 0.2) is 0 Å². The number of fused-ring (bicyclic) bond motifs is 1. The maximum atomic E-state index is 12.3. The van der Waals surface area contributed by atoms with E-state index in [1.807, 2.05) is 6.07 Å². The quantitative estimate of drug-likeness (QED) is 0.904. The Morgan fingerprint density at radius 1 is 1.62 bits per heavy atom. The number of nitrogens with zero attached hydrogens (tertiary/aromatic N) is 4. The number of carbonyl (C=O) groups is 1. The predicted octanol–water partition coefficient (Wildman–Crippen LogP) is 0.709. The van der Waals surface area contributed by atoms with Gasteiger partial charge in [0.1, 0.15) is 12.1 Å². The largest absolute Gasteiger partial charge is 0.340 e. The number of aromatic nitrogens is 3. The van der Waals surface area contributed by atoms with Crippen molar-refractivity contribution < 1.29 is 9.00 Å². The van der Waals surface area contributed by atoms with E-state index in [0.717, 1.165) is 11.0 Å². The number of likely N-dealkylation sites (N-methyl/N-ethyl adjacent to an activating group) is 1. The van der Waals surface area contributed by atoms with E-state index in [1.54, 1.807) is 35.1 Å². The fourth-order valence-electron chi connectivity index (χ4n) is 2.59. The number of amides is 1. The van der Waals surface area contributed by atoms with Crippen LogP contribution in [-0.4, -0.2) is 54.4 Å². The molecule has 0 radical (unpaired) electrons. The van der Waals surface area contributed by atoms with E-state index < -0.39 is 9.73 Å². The minimum Gasteiger partial charge on any atom is -0.340 e. The van der Waals surface area contributed by atoms with Gasteiger partial charge in [-0.1, -0.05) is 0 Å². The normalized spacial score (nSPS) is 25.3. The summed E-state index contributed by atoms with van der Waals surface area (Å²) in [6.07, 6.45) is 3.95. The lowest BCUT2D eigenvalue weighted by Gasteiger charge is -2.23. The summed E-state index contributed by atoms with van der Waals surface area (Å²) in [7, 11) is -0.791. The third-order valence-corrected chi connectivity index (χ3v) is 5.70. The number of nitrogens with one attached hydrogen (secondary N) is 1. The Hall–Kier alpha value is -1.96. The van der Waals surface area contributed by atoms with Gasteiger partial charge in [0.2, 0.25) is 5.91 Å². The third kappa shape index (κ3) is 2.76. The summed E-state index contributed by atoms with van der Waals surface area (Å²) < 4.78 is 21.0. The second-order valence-corrected chi connectivity index (χ2v) is 7.71. The van der Waals surface area contributed by atoms with Crippen LogP contribution >= 0.6 is 0 Å². The van der Waals surface area contributed by atoms with Crippen molar-refractivity contribution in [2.75, 3.05) is 18.6 Å². The van der Waals surface area contributed by atoms with Gasteiger partial charge in [-0.3, -0.25) is 19.2 Å². The molecule has 1 amide bonds. The second-order valence-electron chi connectivity index (χ2n) is 5.34. The second kappa shape index (κ2) is 5.10. The van der Waals surface area contributed by atoms with E-state index in [0.29, 0.717) is 12.2 Å². The molecule has 0 bridgehead atoms. The van der Waals surface area contributed by atoms with Crippen LogP contribution in [0.15, 0.2) is 24.5 Å². The standard InChI is InChI=1S/C13H17N5O2S/c1-17(10-4-6-21(14,20)9-10)13(19)8-18-12-3-2-5-15-11(12)7-16-18/h2-3,5,7,10,14H,4,6,8-9H2,1H3. The number of rotatable bonds is 3. The summed E-state index contributed by atoms with van der Waals surface area (Å²) in [5.41, 5.74) is 1.57. The molecule has 1 N–H and O–H groups in total. The molecule has 3 heterocycles. The number of hydrogen-bond acceptors (Lipinski definition) is 5. The third-order valence-electron chi connectivity index (χ3n) is 3.88. The van der Waals surface area contributed by atoms with Crippen LogP contribution in [0.1, 0.15) is 6.42 Å². The molecular formula is C13H17N5O2S. The van der Waals surface area contributed by atoms with Gasteiger partial charge in [0, 0.05) is 34.8 Å². The van der Waals surface area contributed by atoms with Gasteiger partial charge in [0.05, 0.1) is 17.5 Å². The molecule has 0 spiro atoms. The molecule has 21 heavy (non-hydrogen) atoms. The Morgan fingerprint density at radius 3 is 3.14 bits per heavy atom. The molecule has 1 aliphatic heterocycles. The topological polar surface area (TPSA) is 91.9 Å². The summed E-state index contributed by atoms with van der Waals surface area (Å²) in [5.74, 6) is 0.562. The fourth-order valence-corrected chi connectivity index (χ4v) is 4.42. The molecule has 2 aromatic heterocycles. The van der Waals surface area contributed by atoms with E-state index in [2.05, 4.69) is 10.1 Å². The van der Waals surface area contributed by atoms with E-state index in [-0.39, 0.29) is 24.2 Å². The molecule has 2 unspecified atom stereocenters. The van der Waals surface area contributed by atoms with Gasteiger partial charge in [-0.25, -0.2) is 4.21 Å². The first kappa shape index (κ1) is 14.0. The Morgan fingerprint density at radius 2 is 2.43 bits per heavy atom. The molecule has 0 aromatic carbocycles.